The summed E-state index contributed by atoms with van der Waals surface area (Å²) >= 11 is 0. The molecular formula is C8H16N2. The number of amidine groups is 1. The number of nitrogens with one attached hydrogen (secondary N) is 1. The first-order valence-corrected chi connectivity index (χ1v) is 3.88. The molecule has 1 heterocycles. The van der Waals surface area contributed by atoms with Crippen molar-refractivity contribution < 1.29 is 0 Å². The molecule has 0 saturated heterocycles. The van der Waals surface area contributed by atoms with Crippen molar-refractivity contribution in [3.8, 4) is 0 Å². The fourth-order valence-corrected chi connectivity index (χ4v) is 0.630. The number of hydrogen-bond acceptors (Lipinski definition) is 2. The molecule has 0 aromatic heterocycles. The minimum atomic E-state index is 0.843. The molecule has 10 heavy (non-hydrogen) atoms. The van der Waals surface area contributed by atoms with Crippen LogP contribution in [0.3, 0.4) is 0 Å². The Kier molecular flexibility index (Phi) is 5.83. The van der Waals surface area contributed by atoms with E-state index in [-0.39, 0.29) is 0 Å². The summed E-state index contributed by atoms with van der Waals surface area (Å²) in [5, 5.41) is 3.04. The number of nitrogens with zero attached hydrogens (tertiary/aromatic N) is 1. The number of aliphatic imine (C=N–C) groups is 1. The van der Waals surface area contributed by atoms with Crippen LogP contribution in [-0.2, 0) is 0 Å². The minimum absolute atomic E-state index is 0.843. The summed E-state index contributed by atoms with van der Waals surface area (Å²) in [7, 11) is 0. The van der Waals surface area contributed by atoms with Crippen LogP contribution in [0.2, 0.25) is 0 Å². The fraction of sp³-hybridized carbons (Fsp3) is 0.625. The van der Waals surface area contributed by atoms with Crippen molar-refractivity contribution in [1.82, 2.24) is 5.32 Å². The van der Waals surface area contributed by atoms with Gasteiger partial charge in [-0.3, -0.25) is 4.99 Å². The van der Waals surface area contributed by atoms with Crippen LogP contribution in [0.1, 0.15) is 27.2 Å². The lowest BCUT2D eigenvalue weighted by Crippen LogP contribution is -2.19. The highest BCUT2D eigenvalue weighted by Gasteiger charge is 1.92. The van der Waals surface area contributed by atoms with Crippen LogP contribution in [0, 0.1) is 0 Å². The topological polar surface area (TPSA) is 24.4 Å². The van der Waals surface area contributed by atoms with Gasteiger partial charge in [0.05, 0.1) is 6.54 Å². The highest BCUT2D eigenvalue weighted by molar-refractivity contribution is 5.83. The maximum absolute atomic E-state index is 4.17. The summed E-state index contributed by atoms with van der Waals surface area (Å²) in [4.78, 5) is 4.17. The van der Waals surface area contributed by atoms with E-state index in [9.17, 15) is 0 Å². The summed E-state index contributed by atoms with van der Waals surface area (Å²) in [6.07, 6.45) is 4.94. The van der Waals surface area contributed by atoms with Gasteiger partial charge in [-0.25, -0.2) is 0 Å². The van der Waals surface area contributed by atoms with Crippen LogP contribution in [0.15, 0.2) is 17.3 Å². The largest absolute Gasteiger partial charge is 0.351 e. The van der Waals surface area contributed by atoms with Gasteiger partial charge in [-0.1, -0.05) is 20.8 Å². The summed E-state index contributed by atoms with van der Waals surface area (Å²) in [5.41, 5.74) is 0. The first-order chi connectivity index (χ1) is 4.93. The molecule has 2 nitrogen and oxygen atoms in total. The van der Waals surface area contributed by atoms with Crippen LogP contribution in [-0.4, -0.2) is 12.4 Å². The molecule has 0 saturated carbocycles. The van der Waals surface area contributed by atoms with Gasteiger partial charge in [0.15, 0.2) is 0 Å². The summed E-state index contributed by atoms with van der Waals surface area (Å²) < 4.78 is 0. The van der Waals surface area contributed by atoms with Crippen LogP contribution in [0.4, 0.5) is 0 Å². The van der Waals surface area contributed by atoms with Gasteiger partial charge in [0.1, 0.15) is 5.84 Å². The van der Waals surface area contributed by atoms with Gasteiger partial charge in [0, 0.05) is 6.42 Å². The zero-order valence-corrected chi connectivity index (χ0v) is 7.02. The van der Waals surface area contributed by atoms with Gasteiger partial charge in [0.2, 0.25) is 0 Å². The molecule has 58 valence electrons. The molecule has 1 N–H and O–H groups in total. The smallest absolute Gasteiger partial charge is 0.100 e. The van der Waals surface area contributed by atoms with E-state index in [1.165, 1.54) is 0 Å². The zero-order chi connectivity index (χ0) is 7.82. The van der Waals surface area contributed by atoms with E-state index < -0.39 is 0 Å². The second kappa shape index (κ2) is 6.33. The maximum atomic E-state index is 4.17. The molecule has 0 atom stereocenters. The third-order valence-corrected chi connectivity index (χ3v) is 1.09. The van der Waals surface area contributed by atoms with Gasteiger partial charge in [-0.15, -0.1) is 0 Å². The van der Waals surface area contributed by atoms with E-state index in [4.69, 9.17) is 0 Å². The lowest BCUT2D eigenvalue weighted by atomic mass is 10.4. The van der Waals surface area contributed by atoms with Crippen molar-refractivity contribution in [1.29, 1.82) is 0 Å². The standard InChI is InChI=1S/C6H10N2.C2H6/c1-2-6-7-4-3-5-8-6;1-2/h3-4H,2,5H2,1H3,(H,7,8);1-2H3. The molecule has 0 fully saturated rings. The first kappa shape index (κ1) is 9.21. The predicted octanol–water partition coefficient (Wildman–Crippen LogP) is 1.94. The molecule has 1 rings (SSSR count). The molecule has 0 spiro atoms. The van der Waals surface area contributed by atoms with Gasteiger partial charge in [0.25, 0.3) is 0 Å². The Labute approximate surface area is 63.0 Å². The quantitative estimate of drug-likeness (QED) is 0.591. The average Bonchev–Trinajstić information content (AvgIpc) is 2.10. The maximum Gasteiger partial charge on any atom is 0.100 e. The SMILES string of the molecule is CC.CCC1=NCC=CN1. The molecule has 1 aliphatic rings. The van der Waals surface area contributed by atoms with Crippen LogP contribution in [0.25, 0.3) is 0 Å². The van der Waals surface area contributed by atoms with E-state index in [1.54, 1.807) is 0 Å². The Morgan fingerprint density at radius 1 is 1.60 bits per heavy atom. The third kappa shape index (κ3) is 3.28. The molecule has 0 aromatic rings. The fourth-order valence-electron chi connectivity index (χ4n) is 0.630. The molecule has 2 heteroatoms. The lowest BCUT2D eigenvalue weighted by Gasteiger charge is -2.05. The Morgan fingerprint density at radius 2 is 2.30 bits per heavy atom. The van der Waals surface area contributed by atoms with Crippen molar-refractivity contribution >= 4 is 5.84 Å². The molecule has 0 bridgehead atoms. The lowest BCUT2D eigenvalue weighted by molar-refractivity contribution is 1.04. The van der Waals surface area contributed by atoms with Crippen molar-refractivity contribution in [2.24, 2.45) is 4.99 Å². The predicted molar refractivity (Wildman–Crippen MR) is 46.2 cm³/mol. The second-order valence-electron chi connectivity index (χ2n) is 1.69. The number of hydrogen-bond donors (Lipinski definition) is 1. The van der Waals surface area contributed by atoms with Crippen LogP contribution < -0.4 is 5.32 Å². The molecule has 0 unspecified atom stereocenters. The molecule has 0 aliphatic carbocycles. The van der Waals surface area contributed by atoms with Gasteiger partial charge >= 0.3 is 0 Å². The second-order valence-corrected chi connectivity index (χ2v) is 1.69. The Bertz CT molecular complexity index is 125. The van der Waals surface area contributed by atoms with E-state index >= 15 is 0 Å². The average molecular weight is 140 g/mol. The van der Waals surface area contributed by atoms with E-state index in [0.29, 0.717) is 0 Å². The Balaban J connectivity index is 0.000000371. The van der Waals surface area contributed by atoms with Crippen LogP contribution in [0.5, 0.6) is 0 Å². The van der Waals surface area contributed by atoms with Gasteiger partial charge in [-0.2, -0.15) is 0 Å². The van der Waals surface area contributed by atoms with Crippen LogP contribution >= 0.6 is 0 Å². The molecular weight excluding hydrogens is 124 g/mol. The van der Waals surface area contributed by atoms with Gasteiger partial charge in [-0.05, 0) is 12.3 Å². The highest BCUT2D eigenvalue weighted by atomic mass is 15.0. The third-order valence-electron chi connectivity index (χ3n) is 1.09. The number of rotatable bonds is 1. The van der Waals surface area contributed by atoms with E-state index in [1.807, 2.05) is 26.1 Å². The Hall–Kier alpha value is -0.790. The molecule has 1 aliphatic heterocycles. The Morgan fingerprint density at radius 3 is 2.60 bits per heavy atom. The normalized spacial score (nSPS) is 14.5. The summed E-state index contributed by atoms with van der Waals surface area (Å²) in [6.45, 7) is 6.93. The highest BCUT2D eigenvalue weighted by Crippen LogP contribution is 1.88. The van der Waals surface area contributed by atoms with Crippen molar-refractivity contribution in [3.05, 3.63) is 12.3 Å². The van der Waals surface area contributed by atoms with E-state index in [2.05, 4.69) is 17.2 Å². The van der Waals surface area contributed by atoms with Crippen molar-refractivity contribution in [2.75, 3.05) is 6.54 Å². The van der Waals surface area contributed by atoms with Crippen molar-refractivity contribution in [2.45, 2.75) is 27.2 Å². The molecule has 0 amide bonds. The van der Waals surface area contributed by atoms with Crippen molar-refractivity contribution in [3.63, 3.8) is 0 Å². The summed E-state index contributed by atoms with van der Waals surface area (Å²) in [6, 6.07) is 0. The first-order valence-electron chi connectivity index (χ1n) is 3.88. The van der Waals surface area contributed by atoms with E-state index in [0.717, 1.165) is 18.8 Å². The molecule has 0 aromatic carbocycles. The minimum Gasteiger partial charge on any atom is -0.351 e. The summed E-state index contributed by atoms with van der Waals surface area (Å²) in [5.74, 6) is 1.09. The molecule has 0 radical (unpaired) electrons. The monoisotopic (exact) mass is 140 g/mol. The zero-order valence-electron chi connectivity index (χ0n) is 7.02. The van der Waals surface area contributed by atoms with Gasteiger partial charge < -0.3 is 5.32 Å².